The van der Waals surface area contributed by atoms with Crippen molar-refractivity contribution in [3.63, 3.8) is 0 Å². The van der Waals surface area contributed by atoms with Crippen LogP contribution in [0.2, 0.25) is 10.0 Å². The average Bonchev–Trinajstić information content (AvgIpc) is 3.06. The number of hydrogen-bond acceptors (Lipinski definition) is 5. The summed E-state index contributed by atoms with van der Waals surface area (Å²) in [4.78, 5) is 12.0. The van der Waals surface area contributed by atoms with Crippen molar-refractivity contribution in [2.75, 3.05) is 0 Å². The van der Waals surface area contributed by atoms with E-state index in [1.54, 1.807) is 42.5 Å². The lowest BCUT2D eigenvalue weighted by Gasteiger charge is -2.07. The van der Waals surface area contributed by atoms with Gasteiger partial charge < -0.3 is 9.15 Å². The van der Waals surface area contributed by atoms with Gasteiger partial charge in [-0.05, 0) is 36.4 Å². The van der Waals surface area contributed by atoms with E-state index in [4.69, 9.17) is 32.4 Å². The van der Waals surface area contributed by atoms with Gasteiger partial charge in [-0.15, -0.1) is 10.2 Å². The van der Waals surface area contributed by atoms with Gasteiger partial charge in [-0.3, -0.25) is 4.79 Å². The fraction of sp³-hybridized carbons (Fsp3) is 0.0625. The molecule has 0 spiro atoms. The molecular weight excluding hydrogens is 339 g/mol. The summed E-state index contributed by atoms with van der Waals surface area (Å²) in [5.41, 5.74) is 1.28. The van der Waals surface area contributed by atoms with Crippen molar-refractivity contribution < 1.29 is 13.9 Å². The lowest BCUT2D eigenvalue weighted by molar-refractivity contribution is -0.133. The van der Waals surface area contributed by atoms with Gasteiger partial charge in [0.25, 0.3) is 0 Å². The van der Waals surface area contributed by atoms with Crippen LogP contribution in [0.5, 0.6) is 5.75 Å². The van der Waals surface area contributed by atoms with Crippen LogP contribution in [-0.4, -0.2) is 16.2 Å². The second-order valence-electron chi connectivity index (χ2n) is 4.62. The summed E-state index contributed by atoms with van der Waals surface area (Å²) in [5.74, 6) is 0.345. The van der Waals surface area contributed by atoms with Gasteiger partial charge in [0.2, 0.25) is 12.3 Å². The standard InChI is InChI=1S/C16H10Cl2N2O3/c17-13-2-1-3-14(18)12(13)8-15(21)23-11-6-4-10(5-7-11)16-20-19-9-22-16/h1-7,9H,8H2. The number of nitrogens with zero attached hydrogens (tertiary/aromatic N) is 2. The Morgan fingerprint density at radius 2 is 1.78 bits per heavy atom. The molecule has 23 heavy (non-hydrogen) atoms. The van der Waals surface area contributed by atoms with E-state index in [1.165, 1.54) is 6.39 Å². The zero-order valence-electron chi connectivity index (χ0n) is 11.7. The second-order valence-corrected chi connectivity index (χ2v) is 5.43. The number of esters is 1. The molecule has 0 aliphatic rings. The fourth-order valence-corrected chi connectivity index (χ4v) is 2.51. The Labute approximate surface area is 141 Å². The number of halogens is 2. The van der Waals surface area contributed by atoms with E-state index in [1.807, 2.05) is 0 Å². The number of carbonyl (C=O) groups is 1. The summed E-state index contributed by atoms with van der Waals surface area (Å²) < 4.78 is 10.4. The maximum atomic E-state index is 12.0. The lowest BCUT2D eigenvalue weighted by Crippen LogP contribution is -2.11. The minimum atomic E-state index is -0.453. The highest BCUT2D eigenvalue weighted by Gasteiger charge is 2.13. The van der Waals surface area contributed by atoms with Crippen LogP contribution in [0.1, 0.15) is 5.56 Å². The molecule has 7 heteroatoms. The van der Waals surface area contributed by atoms with Gasteiger partial charge in [-0.1, -0.05) is 29.3 Å². The maximum Gasteiger partial charge on any atom is 0.315 e. The molecule has 0 atom stereocenters. The van der Waals surface area contributed by atoms with Gasteiger partial charge in [-0.2, -0.15) is 0 Å². The first-order valence-electron chi connectivity index (χ1n) is 6.63. The van der Waals surface area contributed by atoms with E-state index in [-0.39, 0.29) is 6.42 Å². The first-order chi connectivity index (χ1) is 11.1. The van der Waals surface area contributed by atoms with Crippen LogP contribution < -0.4 is 4.74 Å². The van der Waals surface area contributed by atoms with Crippen molar-refractivity contribution in [2.45, 2.75) is 6.42 Å². The number of carbonyl (C=O) groups excluding carboxylic acids is 1. The van der Waals surface area contributed by atoms with Crippen molar-refractivity contribution in [3.05, 3.63) is 64.5 Å². The molecule has 5 nitrogen and oxygen atoms in total. The summed E-state index contributed by atoms with van der Waals surface area (Å²) >= 11 is 12.1. The molecule has 3 rings (SSSR count). The normalized spacial score (nSPS) is 10.5. The summed E-state index contributed by atoms with van der Waals surface area (Å²) in [6.45, 7) is 0. The zero-order valence-corrected chi connectivity index (χ0v) is 13.2. The highest BCUT2D eigenvalue weighted by atomic mass is 35.5. The summed E-state index contributed by atoms with van der Waals surface area (Å²) in [6.07, 6.45) is 1.24. The Balaban J connectivity index is 1.68. The van der Waals surface area contributed by atoms with Crippen LogP contribution in [0.25, 0.3) is 11.5 Å². The molecule has 1 aromatic heterocycles. The molecule has 0 N–H and O–H groups in total. The number of aromatic nitrogens is 2. The first-order valence-corrected chi connectivity index (χ1v) is 7.39. The quantitative estimate of drug-likeness (QED) is 0.522. The summed E-state index contributed by atoms with van der Waals surface area (Å²) in [6, 6.07) is 11.8. The van der Waals surface area contributed by atoms with Crippen LogP contribution >= 0.6 is 23.2 Å². The molecule has 116 valence electrons. The molecule has 0 aliphatic carbocycles. The highest BCUT2D eigenvalue weighted by Crippen LogP contribution is 2.26. The van der Waals surface area contributed by atoms with Crippen molar-refractivity contribution in [1.29, 1.82) is 0 Å². The minimum absolute atomic E-state index is 0.0100. The molecule has 0 radical (unpaired) electrons. The highest BCUT2D eigenvalue weighted by molar-refractivity contribution is 6.36. The second kappa shape index (κ2) is 6.81. The van der Waals surface area contributed by atoms with Crippen LogP contribution in [0.4, 0.5) is 0 Å². The van der Waals surface area contributed by atoms with E-state index in [0.29, 0.717) is 27.2 Å². The molecule has 0 bridgehead atoms. The third-order valence-corrected chi connectivity index (χ3v) is 3.78. The van der Waals surface area contributed by atoms with Crippen molar-refractivity contribution in [2.24, 2.45) is 0 Å². The lowest BCUT2D eigenvalue weighted by atomic mass is 10.1. The molecule has 2 aromatic carbocycles. The van der Waals surface area contributed by atoms with Gasteiger partial charge in [-0.25, -0.2) is 0 Å². The smallest absolute Gasteiger partial charge is 0.315 e. The van der Waals surface area contributed by atoms with E-state index in [9.17, 15) is 4.79 Å². The molecule has 1 heterocycles. The van der Waals surface area contributed by atoms with Gasteiger partial charge in [0.1, 0.15) is 5.75 Å². The summed E-state index contributed by atoms with van der Waals surface area (Å²) in [5, 5.41) is 8.27. The van der Waals surface area contributed by atoms with Crippen molar-refractivity contribution in [1.82, 2.24) is 10.2 Å². The first kappa shape index (κ1) is 15.5. The van der Waals surface area contributed by atoms with E-state index < -0.39 is 5.97 Å². The maximum absolute atomic E-state index is 12.0. The zero-order chi connectivity index (χ0) is 16.2. The third-order valence-electron chi connectivity index (χ3n) is 3.08. The molecule has 0 saturated carbocycles. The Morgan fingerprint density at radius 1 is 1.09 bits per heavy atom. The Hall–Kier alpha value is -2.37. The molecule has 0 amide bonds. The van der Waals surface area contributed by atoms with Crippen molar-refractivity contribution >= 4 is 29.2 Å². The molecule has 0 aliphatic heterocycles. The minimum Gasteiger partial charge on any atom is -0.426 e. The number of rotatable bonds is 4. The van der Waals surface area contributed by atoms with Gasteiger partial charge in [0.15, 0.2) is 0 Å². The van der Waals surface area contributed by atoms with Crippen LogP contribution in [0, 0.1) is 0 Å². The predicted molar refractivity (Wildman–Crippen MR) is 85.5 cm³/mol. The molecule has 0 unspecified atom stereocenters. The van der Waals surface area contributed by atoms with Gasteiger partial charge in [0, 0.05) is 21.2 Å². The third kappa shape index (κ3) is 3.70. The largest absolute Gasteiger partial charge is 0.426 e. The van der Waals surface area contributed by atoms with Crippen LogP contribution in [0.15, 0.2) is 53.3 Å². The van der Waals surface area contributed by atoms with E-state index in [0.717, 1.165) is 5.56 Å². The fourth-order valence-electron chi connectivity index (χ4n) is 1.98. The average molecular weight is 349 g/mol. The molecule has 0 saturated heterocycles. The monoisotopic (exact) mass is 348 g/mol. The number of ether oxygens (including phenoxy) is 1. The number of benzene rings is 2. The van der Waals surface area contributed by atoms with E-state index >= 15 is 0 Å². The predicted octanol–water partition coefficient (Wildman–Crippen LogP) is 4.19. The topological polar surface area (TPSA) is 65.2 Å². The molecule has 3 aromatic rings. The van der Waals surface area contributed by atoms with Crippen LogP contribution in [0.3, 0.4) is 0 Å². The molecular formula is C16H10Cl2N2O3. The van der Waals surface area contributed by atoms with E-state index in [2.05, 4.69) is 10.2 Å². The Kier molecular flexibility index (Phi) is 4.60. The van der Waals surface area contributed by atoms with Gasteiger partial charge >= 0.3 is 5.97 Å². The van der Waals surface area contributed by atoms with Crippen molar-refractivity contribution in [3.8, 4) is 17.2 Å². The Bertz CT molecular complexity index is 798. The Morgan fingerprint density at radius 3 is 2.39 bits per heavy atom. The van der Waals surface area contributed by atoms with Crippen LogP contribution in [-0.2, 0) is 11.2 Å². The molecule has 0 fully saturated rings. The SMILES string of the molecule is O=C(Cc1c(Cl)cccc1Cl)Oc1ccc(-c2nnco2)cc1. The number of hydrogen-bond donors (Lipinski definition) is 0. The van der Waals surface area contributed by atoms with Gasteiger partial charge in [0.05, 0.1) is 6.42 Å². The summed E-state index contributed by atoms with van der Waals surface area (Å²) in [7, 11) is 0.